The Hall–Kier alpha value is -3.62. The molecular formula is C35H46ClN7O4. The molecular weight excluding hydrogens is 618 g/mol. The molecule has 0 radical (unpaired) electrons. The number of ether oxygens (including phenoxy) is 2. The van der Waals surface area contributed by atoms with Crippen LogP contribution in [0.4, 0.5) is 10.6 Å². The van der Waals surface area contributed by atoms with Crippen molar-refractivity contribution in [2.45, 2.75) is 83.5 Å². The molecule has 1 N–H and O–H groups in total. The van der Waals surface area contributed by atoms with E-state index in [1.165, 1.54) is 0 Å². The molecule has 4 aliphatic rings. The molecule has 1 aromatic carbocycles. The zero-order chi connectivity index (χ0) is 33.2. The zero-order valence-electron chi connectivity index (χ0n) is 27.7. The van der Waals surface area contributed by atoms with Crippen molar-refractivity contribution in [1.29, 1.82) is 5.26 Å². The third kappa shape index (κ3) is 8.28. The molecule has 2 amide bonds. The lowest BCUT2D eigenvalue weighted by Crippen LogP contribution is -2.60. The number of amides is 2. The highest BCUT2D eigenvalue weighted by Crippen LogP contribution is 2.41. The molecule has 0 bridgehead atoms. The van der Waals surface area contributed by atoms with Gasteiger partial charge >= 0.3 is 6.09 Å². The second-order valence-electron chi connectivity index (χ2n) is 14.8. The van der Waals surface area contributed by atoms with Crippen molar-refractivity contribution in [2.24, 2.45) is 11.3 Å². The van der Waals surface area contributed by atoms with Gasteiger partial charge in [-0.05, 0) is 102 Å². The van der Waals surface area contributed by atoms with Gasteiger partial charge < -0.3 is 29.5 Å². The van der Waals surface area contributed by atoms with Crippen LogP contribution < -0.4 is 15.0 Å². The van der Waals surface area contributed by atoms with E-state index >= 15 is 0 Å². The third-order valence-corrected chi connectivity index (χ3v) is 10.2. The maximum atomic E-state index is 12.9. The summed E-state index contributed by atoms with van der Waals surface area (Å²) in [7, 11) is 0. The summed E-state index contributed by atoms with van der Waals surface area (Å²) in [5, 5.41) is 21.3. The highest BCUT2D eigenvalue weighted by molar-refractivity contribution is 6.31. The number of benzene rings is 1. The Bertz CT molecular complexity index is 1470. The van der Waals surface area contributed by atoms with E-state index in [9.17, 15) is 9.59 Å². The fourth-order valence-corrected chi connectivity index (χ4v) is 7.63. The number of nitrogens with zero attached hydrogens (tertiary/aromatic N) is 6. The van der Waals surface area contributed by atoms with Gasteiger partial charge in [0.2, 0.25) is 0 Å². The van der Waals surface area contributed by atoms with Crippen LogP contribution in [-0.2, 0) is 4.74 Å². The summed E-state index contributed by atoms with van der Waals surface area (Å²) in [6.45, 7) is 12.4. The van der Waals surface area contributed by atoms with E-state index in [-0.39, 0.29) is 29.6 Å². The van der Waals surface area contributed by atoms with Crippen molar-refractivity contribution < 1.29 is 19.1 Å². The lowest BCUT2D eigenvalue weighted by Gasteiger charge is -2.48. The fraction of sp³-hybridized carbons (Fsp3) is 0.629. The van der Waals surface area contributed by atoms with Gasteiger partial charge in [-0.1, -0.05) is 11.6 Å². The van der Waals surface area contributed by atoms with Crippen LogP contribution in [-0.4, -0.2) is 95.6 Å². The van der Waals surface area contributed by atoms with Gasteiger partial charge in [0.15, 0.2) is 11.5 Å². The number of carbonyl (C=O) groups excluding carboxylic acids is 2. The number of rotatable bonds is 7. The normalized spacial score (nSPS) is 23.2. The monoisotopic (exact) mass is 663 g/mol. The number of hydrogen-bond acceptors (Lipinski definition) is 9. The fourth-order valence-electron chi connectivity index (χ4n) is 7.42. The number of aromatic nitrogens is 2. The van der Waals surface area contributed by atoms with Gasteiger partial charge in [0.1, 0.15) is 17.4 Å². The van der Waals surface area contributed by atoms with Gasteiger partial charge in [-0.15, -0.1) is 10.2 Å². The predicted molar refractivity (Wildman–Crippen MR) is 179 cm³/mol. The molecule has 0 unspecified atom stereocenters. The lowest BCUT2D eigenvalue weighted by atomic mass is 9.79. The predicted octanol–water partition coefficient (Wildman–Crippen LogP) is 5.28. The molecule has 12 heteroatoms. The summed E-state index contributed by atoms with van der Waals surface area (Å²) < 4.78 is 11.6. The zero-order valence-corrected chi connectivity index (χ0v) is 28.5. The molecule has 252 valence electrons. The Morgan fingerprint density at radius 2 is 1.77 bits per heavy atom. The molecule has 1 spiro atoms. The van der Waals surface area contributed by atoms with Crippen LogP contribution >= 0.6 is 11.6 Å². The molecule has 3 aliphatic heterocycles. The topological polar surface area (TPSA) is 124 Å². The average Bonchev–Trinajstić information content (AvgIpc) is 3.45. The lowest BCUT2D eigenvalue weighted by molar-refractivity contribution is -0.0308. The van der Waals surface area contributed by atoms with Crippen molar-refractivity contribution >= 4 is 29.4 Å². The van der Waals surface area contributed by atoms with Crippen LogP contribution in [0.1, 0.15) is 81.8 Å². The van der Waals surface area contributed by atoms with Crippen LogP contribution in [0.5, 0.6) is 5.75 Å². The van der Waals surface area contributed by atoms with Crippen molar-refractivity contribution in [3.8, 4) is 11.8 Å². The summed E-state index contributed by atoms with van der Waals surface area (Å²) in [4.78, 5) is 32.0. The first kappa shape index (κ1) is 33.3. The summed E-state index contributed by atoms with van der Waals surface area (Å²) >= 11 is 6.13. The number of nitriles is 1. The minimum atomic E-state index is -0.456. The van der Waals surface area contributed by atoms with Crippen LogP contribution in [0.3, 0.4) is 0 Å². The summed E-state index contributed by atoms with van der Waals surface area (Å²) in [5.41, 5.74) is 0.538. The van der Waals surface area contributed by atoms with Crippen molar-refractivity contribution in [2.75, 3.05) is 50.7 Å². The number of likely N-dealkylation sites (tertiary alicyclic amines) is 2. The Labute approximate surface area is 282 Å². The Morgan fingerprint density at radius 3 is 2.40 bits per heavy atom. The molecule has 47 heavy (non-hydrogen) atoms. The van der Waals surface area contributed by atoms with Gasteiger partial charge in [-0.3, -0.25) is 4.79 Å². The second kappa shape index (κ2) is 13.9. The Balaban J connectivity index is 0.889. The van der Waals surface area contributed by atoms with Gasteiger partial charge in [0, 0.05) is 56.8 Å². The number of carbonyl (C=O) groups is 2. The maximum Gasteiger partial charge on any atom is 0.410 e. The molecule has 3 saturated heterocycles. The van der Waals surface area contributed by atoms with Crippen LogP contribution in [0, 0.1) is 22.7 Å². The number of piperidine rings is 1. The van der Waals surface area contributed by atoms with Gasteiger partial charge in [-0.25, -0.2) is 4.79 Å². The summed E-state index contributed by atoms with van der Waals surface area (Å²) in [6, 6.07) is 10.9. The number of halogens is 1. The SMILES string of the molecule is CC(C)(C)OC(=O)N1CC2(CCN(CC3CCN(c4ccc(C(=O)NC5CCC(Oc6ccc(C#N)c(Cl)c6)CC5)nn4)CC3)C2)C1. The molecule has 4 heterocycles. The van der Waals surface area contributed by atoms with E-state index < -0.39 is 5.60 Å². The van der Waals surface area contributed by atoms with Crippen LogP contribution in [0.25, 0.3) is 0 Å². The minimum absolute atomic E-state index is 0.0434. The van der Waals surface area contributed by atoms with E-state index in [1.807, 2.05) is 31.7 Å². The smallest absolute Gasteiger partial charge is 0.410 e. The third-order valence-electron chi connectivity index (χ3n) is 9.93. The largest absolute Gasteiger partial charge is 0.490 e. The van der Waals surface area contributed by atoms with E-state index in [1.54, 1.807) is 24.3 Å². The quantitative estimate of drug-likeness (QED) is 0.421. The van der Waals surface area contributed by atoms with Gasteiger partial charge in [0.25, 0.3) is 5.91 Å². The average molecular weight is 664 g/mol. The molecule has 1 aliphatic carbocycles. The van der Waals surface area contributed by atoms with Crippen molar-refractivity contribution in [3.63, 3.8) is 0 Å². The number of anilines is 1. The first-order valence-electron chi connectivity index (χ1n) is 16.9. The first-order chi connectivity index (χ1) is 22.5. The molecule has 2 aromatic rings. The van der Waals surface area contributed by atoms with E-state index in [0.29, 0.717) is 27.9 Å². The molecule has 6 rings (SSSR count). The maximum absolute atomic E-state index is 12.9. The standard InChI is InChI=1S/C35H46ClN7O4/c1-34(2,3)47-33(45)43-22-35(23-43)14-17-41(21-35)20-24-12-15-42(16-13-24)31-11-10-30(39-40-31)32(44)38-26-5-8-27(9-6-26)46-28-7-4-25(19-37)29(36)18-28/h4,7,10-11,18,24,26-27H,5-6,8-9,12-17,20-23H2,1-3H3,(H,38,44). The van der Waals surface area contributed by atoms with E-state index in [0.717, 1.165) is 96.6 Å². The minimum Gasteiger partial charge on any atom is -0.490 e. The number of hydrogen-bond donors (Lipinski definition) is 1. The molecule has 4 fully saturated rings. The highest BCUT2D eigenvalue weighted by atomic mass is 35.5. The summed E-state index contributed by atoms with van der Waals surface area (Å²) in [6.07, 6.45) is 6.44. The molecule has 1 saturated carbocycles. The van der Waals surface area contributed by atoms with Crippen LogP contribution in [0.2, 0.25) is 5.02 Å². The second-order valence-corrected chi connectivity index (χ2v) is 15.3. The number of nitrogens with one attached hydrogen (secondary N) is 1. The first-order valence-corrected chi connectivity index (χ1v) is 17.3. The van der Waals surface area contributed by atoms with Crippen LogP contribution in [0.15, 0.2) is 30.3 Å². The summed E-state index contributed by atoms with van der Waals surface area (Å²) in [5.74, 6) is 1.92. The molecule has 1 aromatic heterocycles. The Morgan fingerprint density at radius 1 is 1.02 bits per heavy atom. The molecule has 11 nitrogen and oxygen atoms in total. The molecule has 0 atom stereocenters. The van der Waals surface area contributed by atoms with Gasteiger partial charge in [0.05, 0.1) is 16.7 Å². The van der Waals surface area contributed by atoms with E-state index in [4.69, 9.17) is 26.3 Å². The Kier molecular flexibility index (Phi) is 9.81. The van der Waals surface area contributed by atoms with Crippen molar-refractivity contribution in [1.82, 2.24) is 25.3 Å². The van der Waals surface area contributed by atoms with Gasteiger partial charge in [-0.2, -0.15) is 5.26 Å². The van der Waals surface area contributed by atoms with Crippen molar-refractivity contribution in [3.05, 3.63) is 46.6 Å². The highest BCUT2D eigenvalue weighted by Gasteiger charge is 2.50. The van der Waals surface area contributed by atoms with E-state index in [2.05, 4.69) is 31.4 Å².